The molecular weight excluding hydrogens is 358 g/mol. The maximum Gasteiger partial charge on any atom is 0.146 e. The van der Waals surface area contributed by atoms with Gasteiger partial charge in [-0.1, -0.05) is 30.3 Å². The maximum atomic E-state index is 10.3. The van der Waals surface area contributed by atoms with Crippen molar-refractivity contribution in [3.8, 4) is 22.9 Å². The quantitative estimate of drug-likeness (QED) is 0.515. The molecule has 0 saturated carbocycles. The Labute approximate surface area is 161 Å². The molecule has 0 saturated heterocycles. The molecule has 0 radical (unpaired) electrons. The van der Waals surface area contributed by atoms with Crippen molar-refractivity contribution in [2.45, 2.75) is 6.10 Å². The highest BCUT2D eigenvalue weighted by Gasteiger charge is 2.11. The van der Waals surface area contributed by atoms with Gasteiger partial charge in [-0.25, -0.2) is 0 Å². The second kappa shape index (κ2) is 7.98. The number of aliphatic hydroxyl groups is 1. The third-order valence-electron chi connectivity index (χ3n) is 4.08. The Morgan fingerprint density at radius 3 is 2.04 bits per heavy atom. The molecule has 7 nitrogen and oxygen atoms in total. The maximum absolute atomic E-state index is 10.3. The van der Waals surface area contributed by atoms with Gasteiger partial charge >= 0.3 is 0 Å². The van der Waals surface area contributed by atoms with Gasteiger partial charge in [-0.05, 0) is 36.4 Å². The first-order valence-corrected chi connectivity index (χ1v) is 8.83. The van der Waals surface area contributed by atoms with Crippen LogP contribution in [0.2, 0.25) is 0 Å². The van der Waals surface area contributed by atoms with E-state index >= 15 is 0 Å². The van der Waals surface area contributed by atoms with Crippen molar-refractivity contribution >= 4 is 11.0 Å². The van der Waals surface area contributed by atoms with E-state index in [0.717, 1.165) is 11.0 Å². The molecule has 0 spiro atoms. The molecule has 0 aliphatic heterocycles. The third kappa shape index (κ3) is 4.05. The molecule has 1 heterocycles. The fourth-order valence-corrected chi connectivity index (χ4v) is 2.68. The van der Waals surface area contributed by atoms with E-state index in [4.69, 9.17) is 9.47 Å². The monoisotopic (exact) mass is 377 g/mol. The summed E-state index contributed by atoms with van der Waals surface area (Å²) in [6, 6.07) is 21.5. The van der Waals surface area contributed by atoms with Crippen LogP contribution in [-0.2, 0) is 0 Å². The Morgan fingerprint density at radius 1 is 0.786 bits per heavy atom. The summed E-state index contributed by atoms with van der Waals surface area (Å²) in [6.07, 6.45) is -0.805. The summed E-state index contributed by atoms with van der Waals surface area (Å²) in [5.74, 6) is 1.09. The third-order valence-corrected chi connectivity index (χ3v) is 4.08. The van der Waals surface area contributed by atoms with Crippen LogP contribution in [0.4, 0.5) is 0 Å². The standard InChI is InChI=1S/C21H19N3O4/c25-15(13-27-16-6-2-1-3-7-16)14-28-17-10-11-20(21(26)12-17)24-22-18-8-4-5-9-19(18)23-24/h1-12,15,25-26H,13-14H2. The number of fused-ring (bicyclic) bond motifs is 1. The number of nitrogens with zero attached hydrogens (tertiary/aromatic N) is 3. The second-order valence-electron chi connectivity index (χ2n) is 6.22. The molecule has 4 rings (SSSR count). The zero-order chi connectivity index (χ0) is 19.3. The van der Waals surface area contributed by atoms with Crippen LogP contribution in [-0.4, -0.2) is 44.5 Å². The molecular formula is C21H19N3O4. The fraction of sp³-hybridized carbons (Fsp3) is 0.143. The van der Waals surface area contributed by atoms with Crippen molar-refractivity contribution in [2.24, 2.45) is 0 Å². The van der Waals surface area contributed by atoms with Gasteiger partial charge < -0.3 is 19.7 Å². The zero-order valence-electron chi connectivity index (χ0n) is 15.0. The summed E-state index contributed by atoms with van der Waals surface area (Å²) in [5.41, 5.74) is 1.92. The van der Waals surface area contributed by atoms with Crippen molar-refractivity contribution in [2.75, 3.05) is 13.2 Å². The lowest BCUT2D eigenvalue weighted by Crippen LogP contribution is -2.25. The van der Waals surface area contributed by atoms with Crippen molar-refractivity contribution in [3.05, 3.63) is 72.8 Å². The van der Waals surface area contributed by atoms with Gasteiger partial charge in [0.25, 0.3) is 0 Å². The SMILES string of the molecule is Oc1cc(OCC(O)COc2ccccc2)ccc1-n1nc2ccccc2n1. The molecule has 4 aromatic rings. The largest absolute Gasteiger partial charge is 0.505 e. The first kappa shape index (κ1) is 17.8. The summed E-state index contributed by atoms with van der Waals surface area (Å²) < 4.78 is 11.0. The van der Waals surface area contributed by atoms with Gasteiger partial charge in [-0.3, -0.25) is 0 Å². The molecule has 28 heavy (non-hydrogen) atoms. The fourth-order valence-electron chi connectivity index (χ4n) is 2.68. The zero-order valence-corrected chi connectivity index (χ0v) is 15.0. The van der Waals surface area contributed by atoms with E-state index in [1.54, 1.807) is 12.1 Å². The number of aromatic hydroxyl groups is 1. The highest BCUT2D eigenvalue weighted by Crippen LogP contribution is 2.26. The van der Waals surface area contributed by atoms with Crippen LogP contribution < -0.4 is 9.47 Å². The lowest BCUT2D eigenvalue weighted by Gasteiger charge is -2.14. The number of benzene rings is 3. The van der Waals surface area contributed by atoms with Gasteiger partial charge in [0.2, 0.25) is 0 Å². The molecule has 0 amide bonds. The van der Waals surface area contributed by atoms with Crippen LogP contribution >= 0.6 is 0 Å². The topological polar surface area (TPSA) is 89.6 Å². The molecule has 0 bridgehead atoms. The van der Waals surface area contributed by atoms with Crippen molar-refractivity contribution < 1.29 is 19.7 Å². The van der Waals surface area contributed by atoms with Crippen molar-refractivity contribution in [1.82, 2.24) is 15.0 Å². The summed E-state index contributed by atoms with van der Waals surface area (Å²) in [5, 5.41) is 29.0. The van der Waals surface area contributed by atoms with E-state index in [9.17, 15) is 10.2 Å². The Balaban J connectivity index is 1.37. The number of hydrogen-bond donors (Lipinski definition) is 2. The number of aromatic nitrogens is 3. The summed E-state index contributed by atoms with van der Waals surface area (Å²) >= 11 is 0. The average molecular weight is 377 g/mol. The predicted molar refractivity (Wildman–Crippen MR) is 104 cm³/mol. The van der Waals surface area contributed by atoms with Gasteiger partial charge in [-0.2, -0.15) is 0 Å². The predicted octanol–water partition coefficient (Wildman–Crippen LogP) is 2.94. The minimum Gasteiger partial charge on any atom is -0.505 e. The number of aliphatic hydroxyl groups excluding tert-OH is 1. The van der Waals surface area contributed by atoms with Gasteiger partial charge in [-0.15, -0.1) is 15.0 Å². The lowest BCUT2D eigenvalue weighted by molar-refractivity contribution is 0.0625. The van der Waals surface area contributed by atoms with E-state index in [1.165, 1.54) is 10.9 Å². The summed E-state index contributed by atoms with van der Waals surface area (Å²) in [4.78, 5) is 1.38. The highest BCUT2D eigenvalue weighted by molar-refractivity contribution is 5.73. The molecule has 1 aromatic heterocycles. The Hall–Kier alpha value is -3.58. The highest BCUT2D eigenvalue weighted by atomic mass is 16.5. The minimum atomic E-state index is -0.805. The van der Waals surface area contributed by atoms with E-state index in [1.807, 2.05) is 54.6 Å². The van der Waals surface area contributed by atoms with Gasteiger partial charge in [0.05, 0.1) is 0 Å². The van der Waals surface area contributed by atoms with Crippen LogP contribution in [0.3, 0.4) is 0 Å². The molecule has 0 fully saturated rings. The van der Waals surface area contributed by atoms with Crippen LogP contribution in [0.5, 0.6) is 17.2 Å². The van der Waals surface area contributed by atoms with Crippen LogP contribution in [0, 0.1) is 0 Å². The molecule has 1 atom stereocenters. The average Bonchev–Trinajstić information content (AvgIpc) is 3.15. The van der Waals surface area contributed by atoms with Gasteiger partial charge in [0, 0.05) is 6.07 Å². The first-order valence-electron chi connectivity index (χ1n) is 8.83. The smallest absolute Gasteiger partial charge is 0.146 e. The Kier molecular flexibility index (Phi) is 5.07. The molecule has 142 valence electrons. The normalized spacial score (nSPS) is 12.0. The number of hydrogen-bond acceptors (Lipinski definition) is 6. The lowest BCUT2D eigenvalue weighted by atomic mass is 10.3. The van der Waals surface area contributed by atoms with Crippen molar-refractivity contribution in [1.29, 1.82) is 0 Å². The number of para-hydroxylation sites is 1. The summed E-state index contributed by atoms with van der Waals surface area (Å²) in [6.45, 7) is 0.146. The van der Waals surface area contributed by atoms with E-state index in [2.05, 4.69) is 10.2 Å². The van der Waals surface area contributed by atoms with Crippen LogP contribution in [0.25, 0.3) is 16.7 Å². The minimum absolute atomic E-state index is 0.0205. The number of phenols is 1. The molecule has 1 unspecified atom stereocenters. The first-order chi connectivity index (χ1) is 13.7. The van der Waals surface area contributed by atoms with Crippen LogP contribution in [0.15, 0.2) is 72.8 Å². The molecule has 7 heteroatoms. The van der Waals surface area contributed by atoms with E-state index < -0.39 is 6.10 Å². The summed E-state index contributed by atoms with van der Waals surface area (Å²) in [7, 11) is 0. The molecule has 3 aromatic carbocycles. The van der Waals surface area contributed by atoms with Crippen LogP contribution in [0.1, 0.15) is 0 Å². The Morgan fingerprint density at radius 2 is 1.39 bits per heavy atom. The molecule has 0 aliphatic carbocycles. The van der Waals surface area contributed by atoms with Gasteiger partial charge in [0.15, 0.2) is 0 Å². The number of ether oxygens (including phenoxy) is 2. The second-order valence-corrected chi connectivity index (χ2v) is 6.22. The molecule has 0 aliphatic rings. The van der Waals surface area contributed by atoms with E-state index in [0.29, 0.717) is 17.2 Å². The van der Waals surface area contributed by atoms with Crippen molar-refractivity contribution in [3.63, 3.8) is 0 Å². The van der Waals surface area contributed by atoms with Gasteiger partial charge in [0.1, 0.15) is 53.3 Å². The molecule has 2 N–H and O–H groups in total. The number of phenolic OH excluding ortho intramolecular Hbond substituents is 1. The number of rotatable bonds is 7. The van der Waals surface area contributed by atoms with E-state index in [-0.39, 0.29) is 19.0 Å². The Bertz CT molecular complexity index is 1030.